The van der Waals surface area contributed by atoms with Crippen molar-refractivity contribution in [3.63, 3.8) is 0 Å². The van der Waals surface area contributed by atoms with Gasteiger partial charge in [-0.1, -0.05) is 0 Å². The Balaban J connectivity index is -0.0000000999. The fourth-order valence-electron chi connectivity index (χ4n) is 0.800. The van der Waals surface area contributed by atoms with Crippen LogP contribution in [0.15, 0.2) is 0 Å². The maximum atomic E-state index is 9.43. The SMILES string of the molecule is CP(C)CCP(C)C.CP(C)CCP(C)C.F.[F][Ru]. The Morgan fingerprint density at radius 2 is 0.632 bits per heavy atom. The van der Waals surface area contributed by atoms with Crippen LogP contribution in [0.25, 0.3) is 0 Å². The zero-order valence-electron chi connectivity index (χ0n) is 13.8. The van der Waals surface area contributed by atoms with Crippen molar-refractivity contribution in [1.82, 2.24) is 0 Å². The van der Waals surface area contributed by atoms with E-state index < -0.39 is 0 Å². The summed E-state index contributed by atoms with van der Waals surface area (Å²) in [7, 11) is 1.53. The molecule has 0 aromatic rings. The molecule has 0 atom stereocenters. The van der Waals surface area contributed by atoms with Crippen LogP contribution in [0.1, 0.15) is 0 Å². The third kappa shape index (κ3) is 45.0. The second-order valence-corrected chi connectivity index (χ2v) is 15.6. The van der Waals surface area contributed by atoms with E-state index in [1.54, 1.807) is 0 Å². The summed E-state index contributed by atoms with van der Waals surface area (Å²) >= 11 is 0.850. The van der Waals surface area contributed by atoms with Crippen molar-refractivity contribution in [1.29, 1.82) is 0 Å². The summed E-state index contributed by atoms with van der Waals surface area (Å²) in [6.45, 7) is 18.8. The molecule has 0 spiro atoms. The van der Waals surface area contributed by atoms with Gasteiger partial charge in [0.25, 0.3) is 0 Å². The monoisotopic (exact) mass is 441 g/mol. The molecular weight excluding hydrogens is 407 g/mol. The first-order chi connectivity index (χ1) is 8.25. The number of halogens is 2. The predicted molar refractivity (Wildman–Crippen MR) is 98.2 cm³/mol. The molecule has 0 saturated carbocycles. The van der Waals surface area contributed by atoms with Gasteiger partial charge in [0.2, 0.25) is 0 Å². The Kier molecular flexibility index (Phi) is 34.6. The van der Waals surface area contributed by atoms with Gasteiger partial charge in [-0.3, -0.25) is 4.70 Å². The summed E-state index contributed by atoms with van der Waals surface area (Å²) in [5, 5.41) is 0. The van der Waals surface area contributed by atoms with Gasteiger partial charge in [0.1, 0.15) is 0 Å². The van der Waals surface area contributed by atoms with Crippen molar-refractivity contribution in [2.75, 3.05) is 78.0 Å². The van der Waals surface area contributed by atoms with Crippen molar-refractivity contribution in [3.8, 4) is 0 Å². The third-order valence-electron chi connectivity index (χ3n) is 1.99. The molecule has 0 radical (unpaired) electrons. The van der Waals surface area contributed by atoms with Crippen LogP contribution in [0.4, 0.5) is 8.02 Å². The van der Waals surface area contributed by atoms with Gasteiger partial charge in [-0.25, -0.2) is 0 Å². The van der Waals surface area contributed by atoms with Crippen LogP contribution in [0, 0.1) is 0 Å². The molecule has 0 saturated heterocycles. The molecule has 0 rings (SSSR count). The van der Waals surface area contributed by atoms with Crippen LogP contribution in [0.2, 0.25) is 0 Å². The van der Waals surface area contributed by atoms with E-state index in [0.29, 0.717) is 31.7 Å². The molecule has 0 aliphatic heterocycles. The fraction of sp³-hybridized carbons (Fsp3) is 1.00. The van der Waals surface area contributed by atoms with Gasteiger partial charge in [-0.05, 0) is 78.0 Å². The van der Waals surface area contributed by atoms with E-state index in [1.165, 1.54) is 24.6 Å². The van der Waals surface area contributed by atoms with Gasteiger partial charge in [-0.2, -0.15) is 0 Å². The normalized spacial score (nSPS) is 9.79. The van der Waals surface area contributed by atoms with E-state index in [1.807, 2.05) is 0 Å². The fourth-order valence-corrected chi connectivity index (χ4v) is 7.20. The van der Waals surface area contributed by atoms with Crippen LogP contribution < -0.4 is 0 Å². The molecule has 0 nitrogen and oxygen atoms in total. The van der Waals surface area contributed by atoms with Crippen LogP contribution in [-0.2, 0) is 18.8 Å². The standard InChI is InChI=1S/2C6H16P2.2FH.Ru/c2*1-7(2)5-6-8(3)4;;;/h2*5-6H2,1-4H3;2*1H;/q;;;;+1/p-1. The maximum absolute atomic E-state index is 9.43. The Morgan fingerprint density at radius 1 is 0.526 bits per heavy atom. The summed E-state index contributed by atoms with van der Waals surface area (Å²) in [6, 6.07) is 0. The van der Waals surface area contributed by atoms with E-state index in [0.717, 1.165) is 18.8 Å². The van der Waals surface area contributed by atoms with Gasteiger partial charge < -0.3 is 0 Å². The molecule has 7 heteroatoms. The summed E-state index contributed by atoms with van der Waals surface area (Å²) < 4.78 is 9.43. The van der Waals surface area contributed by atoms with Crippen molar-refractivity contribution in [2.24, 2.45) is 0 Å². The van der Waals surface area contributed by atoms with Crippen LogP contribution in [-0.4, -0.2) is 78.0 Å². The Labute approximate surface area is 136 Å². The number of hydrogen-bond acceptors (Lipinski definition) is 0. The summed E-state index contributed by atoms with van der Waals surface area (Å²) in [6.07, 6.45) is 5.92. The van der Waals surface area contributed by atoms with Gasteiger partial charge in [0.05, 0.1) is 0 Å². The average Bonchev–Trinajstić information content (AvgIpc) is 2.27. The molecule has 0 aromatic heterocycles. The van der Waals surface area contributed by atoms with Crippen molar-refractivity contribution in [3.05, 3.63) is 0 Å². The molecule has 123 valence electrons. The third-order valence-corrected chi connectivity index (χ3v) is 7.17. The van der Waals surface area contributed by atoms with Gasteiger partial charge >= 0.3 is 22.1 Å². The van der Waals surface area contributed by atoms with Gasteiger partial charge in [0.15, 0.2) is 0 Å². The van der Waals surface area contributed by atoms with Gasteiger partial charge in [0, 0.05) is 0 Å². The minimum absolute atomic E-state index is 0. The van der Waals surface area contributed by atoms with E-state index in [9.17, 15) is 3.32 Å². The van der Waals surface area contributed by atoms with E-state index in [2.05, 4.69) is 53.3 Å². The first-order valence-corrected chi connectivity index (χ1v) is 16.3. The minimum atomic E-state index is 0. The Hall–Kier alpha value is 2.20. The molecule has 0 N–H and O–H groups in total. The zero-order chi connectivity index (χ0) is 15.1. The zero-order valence-corrected chi connectivity index (χ0v) is 19.1. The second kappa shape index (κ2) is 22.5. The van der Waals surface area contributed by atoms with E-state index in [-0.39, 0.29) is 4.70 Å². The molecule has 0 fully saturated rings. The van der Waals surface area contributed by atoms with Crippen LogP contribution >= 0.6 is 31.7 Å². The van der Waals surface area contributed by atoms with Crippen LogP contribution in [0.3, 0.4) is 0 Å². The Morgan fingerprint density at radius 3 is 0.684 bits per heavy atom. The Bertz CT molecular complexity index is 116. The van der Waals surface area contributed by atoms with Crippen LogP contribution in [0.5, 0.6) is 0 Å². The summed E-state index contributed by atoms with van der Waals surface area (Å²) in [5.74, 6) is 0. The topological polar surface area (TPSA) is 0 Å². The quantitative estimate of drug-likeness (QED) is 0.378. The first-order valence-electron chi connectivity index (χ1n) is 5.98. The summed E-state index contributed by atoms with van der Waals surface area (Å²) in [5.41, 5.74) is 0. The second-order valence-electron chi connectivity index (χ2n) is 5.21. The summed E-state index contributed by atoms with van der Waals surface area (Å²) in [4.78, 5) is 0. The molecule has 0 amide bonds. The molecule has 0 unspecified atom stereocenters. The van der Waals surface area contributed by atoms with Crippen molar-refractivity contribution in [2.45, 2.75) is 0 Å². The first kappa shape index (κ1) is 29.2. The van der Waals surface area contributed by atoms with Gasteiger partial charge in [-0.15, -0.1) is 31.7 Å². The molecule has 0 aliphatic rings. The predicted octanol–water partition coefficient (Wildman–Crippen LogP) is 5.51. The number of hydrogen-bond donors (Lipinski definition) is 0. The molecule has 0 heterocycles. The van der Waals surface area contributed by atoms with Crippen molar-refractivity contribution < 1.29 is 26.8 Å². The number of rotatable bonds is 6. The molecular formula is C12H33F2P4Ru. The molecule has 0 bridgehead atoms. The molecule has 0 aliphatic carbocycles. The average molecular weight is 440 g/mol. The van der Waals surface area contributed by atoms with E-state index in [4.69, 9.17) is 0 Å². The van der Waals surface area contributed by atoms with Crippen molar-refractivity contribution >= 4 is 31.7 Å². The van der Waals surface area contributed by atoms with E-state index >= 15 is 0 Å². The molecule has 0 aromatic carbocycles. The molecule has 19 heavy (non-hydrogen) atoms.